The Balaban J connectivity index is 1.45. The molecule has 0 bridgehead atoms. The van der Waals surface area contributed by atoms with Crippen molar-refractivity contribution in [1.29, 1.82) is 0 Å². The third-order valence-electron chi connectivity index (χ3n) is 3.65. The number of nitrogens with one attached hydrogen (secondary N) is 2. The summed E-state index contributed by atoms with van der Waals surface area (Å²) < 4.78 is 24.2. The lowest BCUT2D eigenvalue weighted by Gasteiger charge is -2.08. The number of para-hydroxylation sites is 1. The number of anilines is 3. The van der Waals surface area contributed by atoms with E-state index in [2.05, 4.69) is 20.6 Å². The summed E-state index contributed by atoms with van der Waals surface area (Å²) in [5.74, 6) is 0.712. The smallest absolute Gasteiger partial charge is 0.275 e. The van der Waals surface area contributed by atoms with Crippen molar-refractivity contribution in [3.8, 4) is 11.5 Å². The molecule has 1 aliphatic rings. The highest BCUT2D eigenvalue weighted by Gasteiger charge is 2.14. The molecule has 2 aromatic carbocycles. The van der Waals surface area contributed by atoms with Crippen LogP contribution in [-0.4, -0.2) is 22.7 Å². The van der Waals surface area contributed by atoms with E-state index in [0.29, 0.717) is 17.3 Å². The minimum absolute atomic E-state index is 0.0736. The topological polar surface area (TPSA) is 85.4 Å². The van der Waals surface area contributed by atoms with Gasteiger partial charge in [-0.2, -0.15) is 0 Å². The number of rotatable bonds is 4. The monoisotopic (exact) mass is 352 g/mol. The average Bonchev–Trinajstić information content (AvgIpc) is 3.12. The highest BCUT2D eigenvalue weighted by molar-refractivity contribution is 6.02. The van der Waals surface area contributed by atoms with Crippen LogP contribution in [0.25, 0.3) is 0 Å². The standard InChI is InChI=1S/C18H13FN4O3/c19-12-3-1-2-4-13(12)23-18(24)14-8-21-17(9-20-14)22-11-5-6-15-16(7-11)26-10-25-15/h1-9H,10H2,(H,21,22)(H,23,24). The highest BCUT2D eigenvalue weighted by atomic mass is 19.1. The van der Waals surface area contributed by atoms with Crippen LogP contribution in [0.4, 0.5) is 21.6 Å². The summed E-state index contributed by atoms with van der Waals surface area (Å²) in [6.45, 7) is 0.199. The summed E-state index contributed by atoms with van der Waals surface area (Å²) >= 11 is 0. The second-order valence-corrected chi connectivity index (χ2v) is 5.41. The average molecular weight is 352 g/mol. The number of nitrogens with zero attached hydrogens (tertiary/aromatic N) is 2. The predicted molar refractivity (Wildman–Crippen MR) is 92.2 cm³/mol. The van der Waals surface area contributed by atoms with Gasteiger partial charge in [0.05, 0.1) is 18.1 Å². The van der Waals surface area contributed by atoms with Crippen LogP contribution in [0.5, 0.6) is 11.5 Å². The molecule has 0 spiro atoms. The van der Waals surface area contributed by atoms with Crippen molar-refractivity contribution in [2.24, 2.45) is 0 Å². The maximum atomic E-state index is 13.6. The van der Waals surface area contributed by atoms with Crippen molar-refractivity contribution in [2.75, 3.05) is 17.4 Å². The van der Waals surface area contributed by atoms with Crippen LogP contribution in [0.2, 0.25) is 0 Å². The molecule has 0 saturated carbocycles. The summed E-state index contributed by atoms with van der Waals surface area (Å²) in [5, 5.41) is 5.51. The molecule has 0 radical (unpaired) electrons. The van der Waals surface area contributed by atoms with Crippen molar-refractivity contribution >= 4 is 23.1 Å². The maximum absolute atomic E-state index is 13.6. The third-order valence-corrected chi connectivity index (χ3v) is 3.65. The Morgan fingerprint density at radius 1 is 1.04 bits per heavy atom. The molecule has 3 aromatic rings. The van der Waals surface area contributed by atoms with Gasteiger partial charge < -0.3 is 20.1 Å². The molecule has 8 heteroatoms. The number of ether oxygens (including phenoxy) is 2. The molecule has 0 atom stereocenters. The molecular formula is C18H13FN4O3. The number of fused-ring (bicyclic) bond motifs is 1. The predicted octanol–water partition coefficient (Wildman–Crippen LogP) is 3.34. The van der Waals surface area contributed by atoms with E-state index in [1.165, 1.54) is 24.5 Å². The molecule has 0 unspecified atom stereocenters. The number of halogens is 1. The Labute approximate surface area is 147 Å². The summed E-state index contributed by atoms with van der Waals surface area (Å²) in [6, 6.07) is 11.3. The Morgan fingerprint density at radius 2 is 1.88 bits per heavy atom. The van der Waals surface area contributed by atoms with Crippen LogP contribution in [0, 0.1) is 5.82 Å². The second-order valence-electron chi connectivity index (χ2n) is 5.41. The van der Waals surface area contributed by atoms with Crippen molar-refractivity contribution in [3.63, 3.8) is 0 Å². The van der Waals surface area contributed by atoms with Gasteiger partial charge in [0.1, 0.15) is 17.3 Å². The number of hydrogen-bond donors (Lipinski definition) is 2. The molecule has 26 heavy (non-hydrogen) atoms. The van der Waals surface area contributed by atoms with Crippen LogP contribution < -0.4 is 20.1 Å². The van der Waals surface area contributed by atoms with Gasteiger partial charge in [-0.1, -0.05) is 12.1 Å². The van der Waals surface area contributed by atoms with Crippen LogP contribution in [0.3, 0.4) is 0 Å². The van der Waals surface area contributed by atoms with E-state index in [0.717, 1.165) is 5.69 Å². The normalized spacial score (nSPS) is 11.9. The Kier molecular flexibility index (Phi) is 4.06. The molecular weight excluding hydrogens is 339 g/mol. The van der Waals surface area contributed by atoms with Crippen LogP contribution in [-0.2, 0) is 0 Å². The van der Waals surface area contributed by atoms with Crippen molar-refractivity contribution < 1.29 is 18.7 Å². The molecule has 2 N–H and O–H groups in total. The summed E-state index contributed by atoms with van der Waals surface area (Å²) in [4.78, 5) is 20.3. The molecule has 0 fully saturated rings. The Hall–Kier alpha value is -3.68. The molecule has 2 heterocycles. The lowest BCUT2D eigenvalue weighted by atomic mass is 10.3. The van der Waals surface area contributed by atoms with Gasteiger partial charge in [0.15, 0.2) is 11.5 Å². The molecule has 1 amide bonds. The summed E-state index contributed by atoms with van der Waals surface area (Å²) in [5.41, 5.74) is 0.901. The van der Waals surface area contributed by atoms with Crippen molar-refractivity contribution in [1.82, 2.24) is 9.97 Å². The maximum Gasteiger partial charge on any atom is 0.275 e. The second kappa shape index (κ2) is 6.67. The van der Waals surface area contributed by atoms with Gasteiger partial charge in [0.2, 0.25) is 6.79 Å². The highest BCUT2D eigenvalue weighted by Crippen LogP contribution is 2.34. The first-order valence-corrected chi connectivity index (χ1v) is 7.74. The number of amides is 1. The van der Waals surface area contributed by atoms with Gasteiger partial charge >= 0.3 is 0 Å². The van der Waals surface area contributed by atoms with E-state index in [1.54, 1.807) is 24.3 Å². The Bertz CT molecular complexity index is 963. The first kappa shape index (κ1) is 15.8. The van der Waals surface area contributed by atoms with Crippen LogP contribution in [0.15, 0.2) is 54.9 Å². The lowest BCUT2D eigenvalue weighted by molar-refractivity contribution is 0.102. The number of benzene rings is 2. The number of hydrogen-bond acceptors (Lipinski definition) is 6. The fourth-order valence-electron chi connectivity index (χ4n) is 2.38. The lowest BCUT2D eigenvalue weighted by Crippen LogP contribution is -2.15. The van der Waals surface area contributed by atoms with Gasteiger partial charge in [-0.05, 0) is 24.3 Å². The summed E-state index contributed by atoms with van der Waals surface area (Å²) in [7, 11) is 0. The van der Waals surface area contributed by atoms with Crippen LogP contribution >= 0.6 is 0 Å². The molecule has 130 valence electrons. The van der Waals surface area contributed by atoms with Crippen molar-refractivity contribution in [3.05, 3.63) is 66.4 Å². The van der Waals surface area contributed by atoms with Gasteiger partial charge in [0, 0.05) is 11.8 Å². The SMILES string of the molecule is O=C(Nc1ccccc1F)c1cnc(Nc2ccc3c(c2)OCO3)cn1. The van der Waals surface area contributed by atoms with Gasteiger partial charge in [-0.25, -0.2) is 14.4 Å². The largest absolute Gasteiger partial charge is 0.454 e. The number of carbonyl (C=O) groups is 1. The van der Waals surface area contributed by atoms with E-state index >= 15 is 0 Å². The van der Waals surface area contributed by atoms with Gasteiger partial charge in [-0.3, -0.25) is 4.79 Å². The van der Waals surface area contributed by atoms with E-state index in [1.807, 2.05) is 6.07 Å². The molecule has 0 saturated heterocycles. The fraction of sp³-hybridized carbons (Fsp3) is 0.0556. The fourth-order valence-corrected chi connectivity index (χ4v) is 2.38. The number of aromatic nitrogens is 2. The first-order valence-electron chi connectivity index (χ1n) is 7.74. The molecule has 1 aliphatic heterocycles. The molecule has 0 aliphatic carbocycles. The zero-order chi connectivity index (χ0) is 17.9. The third kappa shape index (κ3) is 3.25. The molecule has 4 rings (SSSR count). The quantitative estimate of drug-likeness (QED) is 0.749. The van der Waals surface area contributed by atoms with E-state index < -0.39 is 11.7 Å². The van der Waals surface area contributed by atoms with Crippen molar-refractivity contribution in [2.45, 2.75) is 0 Å². The Morgan fingerprint density at radius 3 is 2.69 bits per heavy atom. The summed E-state index contributed by atoms with van der Waals surface area (Å²) in [6.07, 6.45) is 2.73. The minimum Gasteiger partial charge on any atom is -0.454 e. The number of carbonyl (C=O) groups excluding carboxylic acids is 1. The minimum atomic E-state index is -0.544. The zero-order valence-electron chi connectivity index (χ0n) is 13.4. The van der Waals surface area contributed by atoms with Gasteiger partial charge in [-0.15, -0.1) is 0 Å². The van der Waals surface area contributed by atoms with E-state index in [-0.39, 0.29) is 18.2 Å². The zero-order valence-corrected chi connectivity index (χ0v) is 13.4. The molecule has 1 aromatic heterocycles. The van der Waals surface area contributed by atoms with E-state index in [4.69, 9.17) is 9.47 Å². The molecule has 7 nitrogen and oxygen atoms in total. The first-order chi connectivity index (χ1) is 12.7. The van der Waals surface area contributed by atoms with Gasteiger partial charge in [0.25, 0.3) is 5.91 Å². The van der Waals surface area contributed by atoms with Crippen LogP contribution in [0.1, 0.15) is 10.5 Å². The van der Waals surface area contributed by atoms with E-state index in [9.17, 15) is 9.18 Å².